The van der Waals surface area contributed by atoms with Gasteiger partial charge in [0.25, 0.3) is 0 Å². The molecule has 9 rings (SSSR count). The zero-order chi connectivity index (χ0) is 39.4. The van der Waals surface area contributed by atoms with Crippen LogP contribution in [0.2, 0.25) is 0 Å². The van der Waals surface area contributed by atoms with Crippen LogP contribution in [-0.2, 0) is 0 Å². The molecule has 0 spiro atoms. The Morgan fingerprint density at radius 2 is 1.29 bits per heavy atom. The highest BCUT2D eigenvalue weighted by Crippen LogP contribution is 2.54. The number of benzene rings is 2. The van der Waals surface area contributed by atoms with Crippen LogP contribution in [0.15, 0.2) is 230 Å². The first-order chi connectivity index (χ1) is 28.7. The van der Waals surface area contributed by atoms with E-state index in [2.05, 4.69) is 200 Å². The average molecular weight is 757 g/mol. The fraction of sp³-hybridized carbons (Fsp3) is 0.250. The molecule has 0 aliphatic heterocycles. The molecule has 1 fully saturated rings. The van der Waals surface area contributed by atoms with Crippen molar-refractivity contribution >= 4 is 11.4 Å². The van der Waals surface area contributed by atoms with Crippen molar-refractivity contribution in [2.24, 2.45) is 35.5 Å². The van der Waals surface area contributed by atoms with E-state index in [1.807, 2.05) is 12.2 Å². The summed E-state index contributed by atoms with van der Waals surface area (Å²) in [5, 5.41) is 0. The SMILES string of the molecule is C=CC=CC=CN(C1=CC=C(C2=CC=C(N(C3=CC4C(C=C3)C3C=CC=CC3C4CC=C)c3ccccc3)CC2)CC1)c1ccc2c(c1)C(CC=C)C1C=CC=CC21. The third-order valence-electron chi connectivity index (χ3n) is 13.7. The molecule has 8 unspecified atom stereocenters. The fourth-order valence-corrected chi connectivity index (χ4v) is 11.0. The van der Waals surface area contributed by atoms with Gasteiger partial charge in [-0.1, -0.05) is 134 Å². The van der Waals surface area contributed by atoms with Crippen LogP contribution < -0.4 is 9.80 Å². The Kier molecular flexibility index (Phi) is 11.0. The quantitative estimate of drug-likeness (QED) is 0.148. The molecule has 0 radical (unpaired) electrons. The van der Waals surface area contributed by atoms with Gasteiger partial charge in [-0.25, -0.2) is 0 Å². The van der Waals surface area contributed by atoms with E-state index in [0.29, 0.717) is 47.3 Å². The highest BCUT2D eigenvalue weighted by Gasteiger charge is 2.47. The van der Waals surface area contributed by atoms with E-state index in [9.17, 15) is 0 Å². The predicted octanol–water partition coefficient (Wildman–Crippen LogP) is 14.2. The fourth-order valence-electron chi connectivity index (χ4n) is 11.0. The van der Waals surface area contributed by atoms with Crippen LogP contribution in [0.5, 0.6) is 0 Å². The van der Waals surface area contributed by atoms with Gasteiger partial charge in [-0.3, -0.25) is 0 Å². The second-order valence-corrected chi connectivity index (χ2v) is 16.7. The molecule has 0 aromatic heterocycles. The van der Waals surface area contributed by atoms with Gasteiger partial charge < -0.3 is 9.80 Å². The molecule has 290 valence electrons. The number of rotatable bonds is 13. The highest BCUT2D eigenvalue weighted by molar-refractivity contribution is 5.65. The van der Waals surface area contributed by atoms with Gasteiger partial charge in [0, 0.05) is 40.6 Å². The number of fused-ring (bicyclic) bond motifs is 6. The summed E-state index contributed by atoms with van der Waals surface area (Å²) < 4.78 is 0. The molecule has 1 saturated carbocycles. The Morgan fingerprint density at radius 1 is 0.586 bits per heavy atom. The normalized spacial score (nSPS) is 28.8. The van der Waals surface area contributed by atoms with E-state index in [4.69, 9.17) is 0 Å². The minimum atomic E-state index is 0.445. The first kappa shape index (κ1) is 37.7. The van der Waals surface area contributed by atoms with Gasteiger partial charge >= 0.3 is 0 Å². The molecular formula is C56H56N2. The maximum atomic E-state index is 4.16. The summed E-state index contributed by atoms with van der Waals surface area (Å²) in [4.78, 5) is 4.92. The standard InChI is InChI=1S/C56H56N2/c1-4-7-8-16-37-57(45-33-35-53-51-23-14-12-21-49(51)47(17-5-2)55(53)38-45)42-29-25-40(26-30-42)41-27-31-44(32-28-41)58(43-19-10-9-11-20-43)46-34-36-54-52-24-15-13-22-50(52)48(18-6-3)56(54)39-46/h4-16,19-25,27,29,31,33-39,47-52,54,56H,1-3,17-18,26,28,30,32H2. The molecule has 0 heterocycles. The highest BCUT2D eigenvalue weighted by atomic mass is 15.2. The molecular weight excluding hydrogens is 701 g/mol. The lowest BCUT2D eigenvalue weighted by atomic mass is 9.81. The molecule has 2 nitrogen and oxygen atoms in total. The summed E-state index contributed by atoms with van der Waals surface area (Å²) >= 11 is 0. The Hall–Kier alpha value is -5.86. The van der Waals surface area contributed by atoms with E-state index < -0.39 is 0 Å². The van der Waals surface area contributed by atoms with Crippen molar-refractivity contribution < 1.29 is 0 Å². The Balaban J connectivity index is 0.995. The first-order valence-corrected chi connectivity index (χ1v) is 21.5. The monoisotopic (exact) mass is 756 g/mol. The molecule has 2 aromatic carbocycles. The summed E-state index contributed by atoms with van der Waals surface area (Å²) in [5.41, 5.74) is 12.2. The summed E-state index contributed by atoms with van der Waals surface area (Å²) in [6.45, 7) is 12.2. The van der Waals surface area contributed by atoms with Crippen LogP contribution in [0, 0.1) is 35.5 Å². The lowest BCUT2D eigenvalue weighted by Gasteiger charge is -2.35. The van der Waals surface area contributed by atoms with Gasteiger partial charge in [0.15, 0.2) is 0 Å². The number of para-hydroxylation sites is 1. The smallest absolute Gasteiger partial charge is 0.0458 e. The summed E-state index contributed by atoms with van der Waals surface area (Å²) in [6, 6.07) is 18.1. The lowest BCUT2D eigenvalue weighted by Crippen LogP contribution is -2.26. The number of anilines is 2. The van der Waals surface area contributed by atoms with Crippen LogP contribution in [0.25, 0.3) is 0 Å². The summed E-state index contributed by atoms with van der Waals surface area (Å²) in [5.74, 6) is 4.12. The van der Waals surface area contributed by atoms with Gasteiger partial charge in [-0.05, 0) is 151 Å². The maximum Gasteiger partial charge on any atom is 0.0458 e. The number of nitrogens with zero attached hydrogens (tertiary/aromatic N) is 2. The molecule has 0 bridgehead atoms. The van der Waals surface area contributed by atoms with Crippen LogP contribution in [0.1, 0.15) is 61.5 Å². The summed E-state index contributed by atoms with van der Waals surface area (Å²) in [7, 11) is 0. The Bertz CT molecular complexity index is 2310. The van der Waals surface area contributed by atoms with E-state index in [1.165, 1.54) is 50.7 Å². The van der Waals surface area contributed by atoms with Gasteiger partial charge in [-0.15, -0.1) is 13.2 Å². The molecule has 2 heteroatoms. The minimum absolute atomic E-state index is 0.445. The van der Waals surface area contributed by atoms with Crippen molar-refractivity contribution in [2.75, 3.05) is 9.80 Å². The van der Waals surface area contributed by atoms with Crippen molar-refractivity contribution in [3.05, 3.63) is 241 Å². The van der Waals surface area contributed by atoms with Crippen LogP contribution in [0.3, 0.4) is 0 Å². The van der Waals surface area contributed by atoms with E-state index in [1.54, 1.807) is 0 Å². The van der Waals surface area contributed by atoms with Crippen molar-refractivity contribution in [1.29, 1.82) is 0 Å². The molecule has 0 N–H and O–H groups in total. The topological polar surface area (TPSA) is 6.48 Å². The third-order valence-corrected chi connectivity index (χ3v) is 13.7. The minimum Gasteiger partial charge on any atom is -0.321 e. The van der Waals surface area contributed by atoms with Gasteiger partial charge in [0.2, 0.25) is 0 Å². The van der Waals surface area contributed by atoms with E-state index in [0.717, 1.165) is 38.5 Å². The molecule has 8 atom stereocenters. The lowest BCUT2D eigenvalue weighted by molar-refractivity contribution is 0.381. The Morgan fingerprint density at radius 3 is 2.02 bits per heavy atom. The second kappa shape index (κ2) is 16.9. The zero-order valence-corrected chi connectivity index (χ0v) is 33.7. The largest absolute Gasteiger partial charge is 0.321 e. The molecule has 7 aliphatic carbocycles. The van der Waals surface area contributed by atoms with Gasteiger partial charge in [0.05, 0.1) is 0 Å². The predicted molar refractivity (Wildman–Crippen MR) is 247 cm³/mol. The molecule has 58 heavy (non-hydrogen) atoms. The van der Waals surface area contributed by atoms with Crippen LogP contribution in [0.4, 0.5) is 11.4 Å². The number of hydrogen-bond acceptors (Lipinski definition) is 2. The van der Waals surface area contributed by atoms with Gasteiger partial charge in [-0.2, -0.15) is 0 Å². The molecule has 2 aromatic rings. The van der Waals surface area contributed by atoms with E-state index in [-0.39, 0.29) is 0 Å². The second-order valence-electron chi connectivity index (χ2n) is 16.7. The van der Waals surface area contributed by atoms with Crippen molar-refractivity contribution in [1.82, 2.24) is 0 Å². The Labute approximate surface area is 347 Å². The van der Waals surface area contributed by atoms with Gasteiger partial charge in [0.1, 0.15) is 0 Å². The number of allylic oxidation sites excluding steroid dienone is 25. The van der Waals surface area contributed by atoms with E-state index >= 15 is 0 Å². The molecule has 0 saturated heterocycles. The molecule has 0 amide bonds. The average Bonchev–Trinajstić information content (AvgIpc) is 3.76. The van der Waals surface area contributed by atoms with Crippen LogP contribution in [-0.4, -0.2) is 0 Å². The maximum absolute atomic E-state index is 4.16. The van der Waals surface area contributed by atoms with Crippen molar-refractivity contribution in [3.63, 3.8) is 0 Å². The zero-order valence-electron chi connectivity index (χ0n) is 33.7. The van der Waals surface area contributed by atoms with Crippen molar-refractivity contribution in [2.45, 2.75) is 50.4 Å². The first-order valence-electron chi connectivity index (χ1n) is 21.5. The van der Waals surface area contributed by atoms with Crippen LogP contribution >= 0.6 is 0 Å². The summed E-state index contributed by atoms with van der Waals surface area (Å²) in [6.07, 6.45) is 56.1. The molecule has 7 aliphatic rings. The number of hydrogen-bond donors (Lipinski definition) is 0. The van der Waals surface area contributed by atoms with Crippen molar-refractivity contribution in [3.8, 4) is 0 Å². The third kappa shape index (κ3) is 7.15.